The molecule has 3 atom stereocenters. The number of carbonyl (C=O) groups is 1. The lowest BCUT2D eigenvalue weighted by atomic mass is 9.95. The van der Waals surface area contributed by atoms with E-state index in [1.165, 1.54) is 17.8 Å². The van der Waals surface area contributed by atoms with Crippen LogP contribution in [0.5, 0.6) is 0 Å². The summed E-state index contributed by atoms with van der Waals surface area (Å²) in [6.07, 6.45) is 3.37. The molecule has 3 heterocycles. The molecule has 2 aliphatic rings. The maximum atomic E-state index is 12.6. The van der Waals surface area contributed by atoms with Crippen LogP contribution in [0.2, 0.25) is 0 Å². The molecular weight excluding hydrogens is 306 g/mol. The number of carbonyl (C=O) groups excluding carboxylic acids is 1. The monoisotopic (exact) mass is 323 g/mol. The molecule has 4 rings (SSSR count). The molecule has 0 saturated carbocycles. The van der Waals surface area contributed by atoms with Gasteiger partial charge in [-0.15, -0.1) is 11.3 Å². The Morgan fingerprint density at radius 1 is 1.30 bits per heavy atom. The highest BCUT2D eigenvalue weighted by molar-refractivity contribution is 7.15. The summed E-state index contributed by atoms with van der Waals surface area (Å²) >= 11 is 1.27. The molecular formula is C18H17N3OS. The van der Waals surface area contributed by atoms with Gasteiger partial charge in [0.2, 0.25) is 0 Å². The Bertz CT molecular complexity index is 777. The van der Waals surface area contributed by atoms with E-state index in [1.54, 1.807) is 0 Å². The van der Waals surface area contributed by atoms with Crippen LogP contribution in [0.15, 0.2) is 36.4 Å². The summed E-state index contributed by atoms with van der Waals surface area (Å²) < 4.78 is 0. The highest BCUT2D eigenvalue weighted by Gasteiger charge is 2.39. The molecule has 1 aromatic heterocycles. The standard InChI is InChI=1S/C18H17N3OS/c19-10-17-13(11-4-2-1-3-5-11)9-16(23-17)18(22)21-15-8-12-6-7-14(15)20-12/h1-5,9,12,14-15,20H,6-8H2,(H,21,22). The van der Waals surface area contributed by atoms with Crippen molar-refractivity contribution in [2.75, 3.05) is 0 Å². The van der Waals surface area contributed by atoms with Crippen molar-refractivity contribution in [3.05, 3.63) is 46.2 Å². The molecule has 2 aliphatic heterocycles. The minimum Gasteiger partial charge on any atom is -0.347 e. The van der Waals surface area contributed by atoms with Crippen LogP contribution in [0.4, 0.5) is 0 Å². The third-order valence-corrected chi connectivity index (χ3v) is 5.80. The Morgan fingerprint density at radius 3 is 2.78 bits per heavy atom. The fourth-order valence-electron chi connectivity index (χ4n) is 3.64. The highest BCUT2D eigenvalue weighted by atomic mass is 32.1. The molecule has 2 bridgehead atoms. The Kier molecular flexibility index (Phi) is 3.64. The highest BCUT2D eigenvalue weighted by Crippen LogP contribution is 2.32. The fourth-order valence-corrected chi connectivity index (χ4v) is 4.52. The second-order valence-electron chi connectivity index (χ2n) is 6.19. The second kappa shape index (κ2) is 5.80. The molecule has 2 aromatic rings. The molecule has 5 heteroatoms. The summed E-state index contributed by atoms with van der Waals surface area (Å²) in [5, 5.41) is 16.0. The first-order valence-electron chi connectivity index (χ1n) is 7.91. The summed E-state index contributed by atoms with van der Waals surface area (Å²) in [7, 11) is 0. The lowest BCUT2D eigenvalue weighted by Crippen LogP contribution is -2.42. The van der Waals surface area contributed by atoms with Crippen LogP contribution in [-0.2, 0) is 0 Å². The number of nitrogens with zero attached hydrogens (tertiary/aromatic N) is 1. The molecule has 1 amide bonds. The van der Waals surface area contributed by atoms with E-state index in [-0.39, 0.29) is 11.9 Å². The number of fused-ring (bicyclic) bond motifs is 2. The summed E-state index contributed by atoms with van der Waals surface area (Å²) in [4.78, 5) is 13.8. The van der Waals surface area contributed by atoms with E-state index < -0.39 is 0 Å². The Hall–Kier alpha value is -2.16. The van der Waals surface area contributed by atoms with Gasteiger partial charge in [-0.25, -0.2) is 0 Å². The number of benzene rings is 1. The van der Waals surface area contributed by atoms with Gasteiger partial charge in [-0.3, -0.25) is 4.79 Å². The average Bonchev–Trinajstić information content (AvgIpc) is 3.30. The van der Waals surface area contributed by atoms with E-state index in [0.29, 0.717) is 21.8 Å². The van der Waals surface area contributed by atoms with Crippen molar-refractivity contribution in [3.63, 3.8) is 0 Å². The van der Waals surface area contributed by atoms with Crippen molar-refractivity contribution in [2.24, 2.45) is 0 Å². The fraction of sp³-hybridized carbons (Fsp3) is 0.333. The molecule has 2 fully saturated rings. The van der Waals surface area contributed by atoms with E-state index in [1.807, 2.05) is 36.4 Å². The van der Waals surface area contributed by atoms with Gasteiger partial charge in [0.25, 0.3) is 5.91 Å². The molecule has 0 aliphatic carbocycles. The van der Waals surface area contributed by atoms with Gasteiger partial charge in [0, 0.05) is 23.7 Å². The van der Waals surface area contributed by atoms with Gasteiger partial charge < -0.3 is 10.6 Å². The summed E-state index contributed by atoms with van der Waals surface area (Å²) in [5.41, 5.74) is 1.82. The smallest absolute Gasteiger partial charge is 0.261 e. The lowest BCUT2D eigenvalue weighted by molar-refractivity contribution is 0.0935. The van der Waals surface area contributed by atoms with Crippen LogP contribution in [0.25, 0.3) is 11.1 Å². The molecule has 0 spiro atoms. The molecule has 2 N–H and O–H groups in total. The van der Waals surface area contributed by atoms with Crippen LogP contribution in [0, 0.1) is 11.3 Å². The van der Waals surface area contributed by atoms with E-state index in [2.05, 4.69) is 16.7 Å². The van der Waals surface area contributed by atoms with E-state index >= 15 is 0 Å². The number of nitrogens with one attached hydrogen (secondary N) is 2. The minimum absolute atomic E-state index is 0.0620. The number of hydrogen-bond acceptors (Lipinski definition) is 4. The quantitative estimate of drug-likeness (QED) is 0.913. The summed E-state index contributed by atoms with van der Waals surface area (Å²) in [6, 6.07) is 15.0. The summed E-state index contributed by atoms with van der Waals surface area (Å²) in [6.45, 7) is 0. The molecule has 4 nitrogen and oxygen atoms in total. The van der Waals surface area contributed by atoms with Crippen LogP contribution in [0.3, 0.4) is 0 Å². The molecule has 2 saturated heterocycles. The van der Waals surface area contributed by atoms with Crippen molar-refractivity contribution in [1.82, 2.24) is 10.6 Å². The van der Waals surface area contributed by atoms with Gasteiger partial charge in [0.05, 0.1) is 4.88 Å². The topological polar surface area (TPSA) is 64.9 Å². The Balaban J connectivity index is 1.56. The van der Waals surface area contributed by atoms with Crippen LogP contribution in [0.1, 0.15) is 33.8 Å². The third kappa shape index (κ3) is 2.65. The Labute approximate surface area is 139 Å². The van der Waals surface area contributed by atoms with E-state index in [0.717, 1.165) is 24.0 Å². The maximum absolute atomic E-state index is 12.6. The molecule has 0 radical (unpaired) electrons. The van der Waals surface area contributed by atoms with Crippen molar-refractivity contribution in [2.45, 2.75) is 37.4 Å². The number of amides is 1. The molecule has 3 unspecified atom stereocenters. The van der Waals surface area contributed by atoms with Gasteiger partial charge in [-0.1, -0.05) is 30.3 Å². The third-order valence-electron chi connectivity index (χ3n) is 4.76. The summed E-state index contributed by atoms with van der Waals surface area (Å²) in [5.74, 6) is -0.0620. The number of thiophene rings is 1. The first kappa shape index (κ1) is 14.4. The zero-order chi connectivity index (χ0) is 15.8. The largest absolute Gasteiger partial charge is 0.347 e. The normalized spacial score (nSPS) is 25.3. The first-order valence-corrected chi connectivity index (χ1v) is 8.72. The number of hydrogen-bond donors (Lipinski definition) is 2. The van der Waals surface area contributed by atoms with Gasteiger partial charge in [0.15, 0.2) is 0 Å². The SMILES string of the molecule is N#Cc1sc(C(=O)NC2CC3CCC2N3)cc1-c1ccccc1. The lowest BCUT2D eigenvalue weighted by Gasteiger charge is -2.20. The number of nitriles is 1. The van der Waals surface area contributed by atoms with Gasteiger partial charge >= 0.3 is 0 Å². The minimum atomic E-state index is -0.0620. The zero-order valence-corrected chi connectivity index (χ0v) is 13.4. The van der Waals surface area contributed by atoms with E-state index in [9.17, 15) is 10.1 Å². The van der Waals surface area contributed by atoms with Gasteiger partial charge in [0.1, 0.15) is 10.9 Å². The van der Waals surface area contributed by atoms with Gasteiger partial charge in [-0.2, -0.15) is 5.26 Å². The molecule has 116 valence electrons. The van der Waals surface area contributed by atoms with Crippen molar-refractivity contribution >= 4 is 17.2 Å². The molecule has 1 aromatic carbocycles. The van der Waals surface area contributed by atoms with Crippen LogP contribution < -0.4 is 10.6 Å². The average molecular weight is 323 g/mol. The van der Waals surface area contributed by atoms with Crippen LogP contribution in [-0.4, -0.2) is 24.0 Å². The van der Waals surface area contributed by atoms with Crippen molar-refractivity contribution < 1.29 is 4.79 Å². The first-order chi connectivity index (χ1) is 11.2. The van der Waals surface area contributed by atoms with E-state index in [4.69, 9.17) is 0 Å². The van der Waals surface area contributed by atoms with Crippen molar-refractivity contribution in [1.29, 1.82) is 5.26 Å². The number of rotatable bonds is 3. The predicted octanol–water partition coefficient (Wildman–Crippen LogP) is 2.91. The Morgan fingerprint density at radius 2 is 2.13 bits per heavy atom. The van der Waals surface area contributed by atoms with Crippen molar-refractivity contribution in [3.8, 4) is 17.2 Å². The second-order valence-corrected chi connectivity index (χ2v) is 7.25. The molecule has 23 heavy (non-hydrogen) atoms. The maximum Gasteiger partial charge on any atom is 0.261 e. The van der Waals surface area contributed by atoms with Gasteiger partial charge in [-0.05, 0) is 30.9 Å². The van der Waals surface area contributed by atoms with Crippen LogP contribution >= 0.6 is 11.3 Å². The zero-order valence-electron chi connectivity index (χ0n) is 12.6. The predicted molar refractivity (Wildman–Crippen MR) is 90.3 cm³/mol.